The van der Waals surface area contributed by atoms with Gasteiger partial charge in [0.2, 0.25) is 0 Å². The monoisotopic (exact) mass is 632 g/mol. The van der Waals surface area contributed by atoms with Crippen LogP contribution >= 0.6 is 11.3 Å². The van der Waals surface area contributed by atoms with E-state index >= 15 is 0 Å². The van der Waals surface area contributed by atoms with Crippen molar-refractivity contribution in [2.75, 3.05) is 25.2 Å². The van der Waals surface area contributed by atoms with Gasteiger partial charge in [-0.1, -0.05) is 49.8 Å². The Bertz CT molecular complexity index is 1680. The molecule has 2 aliphatic rings. The Morgan fingerprint density at radius 2 is 2.00 bits per heavy atom. The normalized spacial score (nSPS) is 18.4. The fourth-order valence-corrected chi connectivity index (χ4v) is 6.44. The number of aromatic nitrogens is 1. The Hall–Kier alpha value is -4.64. The summed E-state index contributed by atoms with van der Waals surface area (Å²) in [5, 5.41) is 11.8. The molecule has 1 fully saturated rings. The van der Waals surface area contributed by atoms with Crippen molar-refractivity contribution in [3.05, 3.63) is 81.9 Å². The smallest absolute Gasteiger partial charge is 0.350 e. The number of ether oxygens (including phenoxy) is 4. The number of esters is 1. The van der Waals surface area contributed by atoms with Crippen molar-refractivity contribution < 1.29 is 38.4 Å². The summed E-state index contributed by atoms with van der Waals surface area (Å²) in [7, 11) is 1.51. The number of ketones is 1. The third kappa shape index (κ3) is 6.30. The van der Waals surface area contributed by atoms with Crippen LogP contribution in [0.2, 0.25) is 0 Å². The van der Waals surface area contributed by atoms with Gasteiger partial charge in [0.1, 0.15) is 29.1 Å². The van der Waals surface area contributed by atoms with E-state index in [9.17, 15) is 19.5 Å². The first-order chi connectivity index (χ1) is 21.7. The van der Waals surface area contributed by atoms with Gasteiger partial charge in [0.05, 0.1) is 31.0 Å². The maximum absolute atomic E-state index is 13.7. The lowest BCUT2D eigenvalue weighted by Crippen LogP contribution is -2.29. The van der Waals surface area contributed by atoms with E-state index in [2.05, 4.69) is 18.5 Å². The molecule has 2 atom stereocenters. The molecule has 11 heteroatoms. The molecule has 1 amide bonds. The van der Waals surface area contributed by atoms with Crippen molar-refractivity contribution in [3.8, 4) is 17.2 Å². The van der Waals surface area contributed by atoms with E-state index in [0.29, 0.717) is 47.1 Å². The van der Waals surface area contributed by atoms with Crippen molar-refractivity contribution in [2.45, 2.75) is 58.6 Å². The molecule has 0 spiro atoms. The second-order valence-corrected chi connectivity index (χ2v) is 11.9. The second-order valence-electron chi connectivity index (χ2n) is 10.9. The number of Topliss-reactive ketones (excluding diaryl/α,β-unsaturated/α-hetero) is 1. The molecule has 1 N–H and O–H groups in total. The zero-order valence-electron chi connectivity index (χ0n) is 25.8. The predicted molar refractivity (Wildman–Crippen MR) is 170 cm³/mol. The van der Waals surface area contributed by atoms with Crippen LogP contribution in [0.4, 0.5) is 5.13 Å². The number of fused-ring (bicyclic) bond motifs is 1. The highest BCUT2D eigenvalue weighted by molar-refractivity contribution is 7.17. The van der Waals surface area contributed by atoms with Gasteiger partial charge in [-0.2, -0.15) is 0 Å². The molecule has 3 heterocycles. The number of aryl methyl sites for hydroxylation is 1. The first-order valence-electron chi connectivity index (χ1n) is 14.9. The summed E-state index contributed by atoms with van der Waals surface area (Å²) >= 11 is 0.931. The Kier molecular flexibility index (Phi) is 9.57. The Balaban J connectivity index is 1.63. The zero-order chi connectivity index (χ0) is 32.2. The topological polar surface area (TPSA) is 124 Å². The van der Waals surface area contributed by atoms with E-state index in [0.717, 1.165) is 36.2 Å². The summed E-state index contributed by atoms with van der Waals surface area (Å²) in [6, 6.07) is 9.23. The van der Waals surface area contributed by atoms with Crippen molar-refractivity contribution >= 4 is 39.9 Å². The standard InChI is InChI=1S/C34H36N2O8S/c1-6-8-9-15-42-25-13-10-21(18-26(25)41-5)28-27(29(37)22-11-12-24-23(17-22)16-19(3)44-24)30(38)32(39)36(28)34-35-20(4)31(45-34)33(40)43-14-7-2/h7,10-13,17-19,28,37H,2,6,8-9,14-16H2,1,3-5H3/b29-27+. The van der Waals surface area contributed by atoms with Crippen LogP contribution < -0.4 is 19.1 Å². The molecule has 0 aliphatic carbocycles. The number of benzene rings is 2. The van der Waals surface area contributed by atoms with Crippen LogP contribution in [-0.2, 0) is 20.7 Å². The Labute approximate surface area is 265 Å². The molecule has 0 saturated carbocycles. The molecule has 0 radical (unpaired) electrons. The number of aliphatic hydroxyl groups is 1. The predicted octanol–water partition coefficient (Wildman–Crippen LogP) is 6.32. The molecule has 45 heavy (non-hydrogen) atoms. The van der Waals surface area contributed by atoms with E-state index in [1.807, 2.05) is 6.92 Å². The van der Waals surface area contributed by atoms with Crippen LogP contribution in [0.25, 0.3) is 5.76 Å². The minimum absolute atomic E-state index is 0.00722. The van der Waals surface area contributed by atoms with Crippen molar-refractivity contribution in [3.63, 3.8) is 0 Å². The molecule has 3 aromatic rings. The highest BCUT2D eigenvalue weighted by Gasteiger charge is 2.49. The minimum Gasteiger partial charge on any atom is -0.507 e. The summed E-state index contributed by atoms with van der Waals surface area (Å²) in [5.74, 6) is -1.10. The lowest BCUT2D eigenvalue weighted by Gasteiger charge is -2.24. The second kappa shape index (κ2) is 13.6. The lowest BCUT2D eigenvalue weighted by atomic mass is 9.94. The number of methoxy groups -OCH3 is 1. The van der Waals surface area contributed by atoms with Gasteiger partial charge in [0, 0.05) is 12.0 Å². The van der Waals surface area contributed by atoms with Crippen LogP contribution in [0.15, 0.2) is 54.6 Å². The van der Waals surface area contributed by atoms with E-state index in [1.54, 1.807) is 43.3 Å². The summed E-state index contributed by atoms with van der Waals surface area (Å²) in [6.45, 7) is 9.76. The molecule has 0 bridgehead atoms. The Morgan fingerprint density at radius 3 is 2.73 bits per heavy atom. The molecule has 2 unspecified atom stereocenters. The maximum atomic E-state index is 13.7. The number of unbranched alkanes of at least 4 members (excludes halogenated alkanes) is 2. The van der Waals surface area contributed by atoms with Crippen LogP contribution in [0.5, 0.6) is 17.2 Å². The van der Waals surface area contributed by atoms with Crippen LogP contribution in [-0.4, -0.2) is 54.2 Å². The molecule has 2 aliphatic heterocycles. The third-order valence-corrected chi connectivity index (χ3v) is 8.77. The number of nitrogens with zero attached hydrogens (tertiary/aromatic N) is 2. The number of rotatable bonds is 12. The van der Waals surface area contributed by atoms with Gasteiger partial charge in [-0.3, -0.25) is 14.5 Å². The summed E-state index contributed by atoms with van der Waals surface area (Å²) < 4.78 is 22.6. The van der Waals surface area contributed by atoms with E-state index in [-0.39, 0.29) is 34.1 Å². The number of amides is 1. The van der Waals surface area contributed by atoms with Crippen LogP contribution in [0, 0.1) is 6.92 Å². The number of carbonyl (C=O) groups is 3. The fraction of sp³-hybridized carbons (Fsp3) is 0.353. The van der Waals surface area contributed by atoms with Crippen LogP contribution in [0.1, 0.15) is 71.2 Å². The van der Waals surface area contributed by atoms with Gasteiger partial charge in [-0.25, -0.2) is 9.78 Å². The minimum atomic E-state index is -1.08. The molecule has 1 saturated heterocycles. The summed E-state index contributed by atoms with van der Waals surface area (Å²) in [5.41, 5.74) is 1.97. The Morgan fingerprint density at radius 1 is 1.20 bits per heavy atom. The molecule has 10 nitrogen and oxygen atoms in total. The van der Waals surface area contributed by atoms with Gasteiger partial charge in [0.15, 0.2) is 16.6 Å². The maximum Gasteiger partial charge on any atom is 0.350 e. The first kappa shape index (κ1) is 31.8. The highest BCUT2D eigenvalue weighted by Crippen LogP contribution is 2.46. The highest BCUT2D eigenvalue weighted by atomic mass is 32.1. The van der Waals surface area contributed by atoms with Gasteiger partial charge in [-0.05, 0) is 61.7 Å². The van der Waals surface area contributed by atoms with Crippen molar-refractivity contribution in [2.24, 2.45) is 0 Å². The third-order valence-electron chi connectivity index (χ3n) is 7.63. The zero-order valence-corrected chi connectivity index (χ0v) is 26.6. The molecule has 5 rings (SSSR count). The number of hydrogen-bond acceptors (Lipinski definition) is 10. The molecule has 1 aromatic heterocycles. The van der Waals surface area contributed by atoms with Gasteiger partial charge in [0.25, 0.3) is 5.78 Å². The van der Waals surface area contributed by atoms with E-state index < -0.39 is 23.7 Å². The number of anilines is 1. The van der Waals surface area contributed by atoms with Gasteiger partial charge in [-0.15, -0.1) is 0 Å². The lowest BCUT2D eigenvalue weighted by molar-refractivity contribution is -0.132. The number of thiazole rings is 1. The van der Waals surface area contributed by atoms with E-state index in [1.165, 1.54) is 18.1 Å². The molecule has 236 valence electrons. The van der Waals surface area contributed by atoms with Crippen molar-refractivity contribution in [1.82, 2.24) is 4.98 Å². The summed E-state index contributed by atoms with van der Waals surface area (Å²) in [4.78, 5) is 46.1. The number of aliphatic hydroxyl groups excluding tert-OH is 1. The first-order valence-corrected chi connectivity index (χ1v) is 15.7. The molecule has 2 aromatic carbocycles. The fourth-order valence-electron chi connectivity index (χ4n) is 5.45. The van der Waals surface area contributed by atoms with Crippen LogP contribution in [0.3, 0.4) is 0 Å². The van der Waals surface area contributed by atoms with Crippen molar-refractivity contribution in [1.29, 1.82) is 0 Å². The van der Waals surface area contributed by atoms with Gasteiger partial charge < -0.3 is 24.1 Å². The average Bonchev–Trinajstić information content (AvgIpc) is 3.69. The largest absolute Gasteiger partial charge is 0.507 e. The molecular formula is C34H36N2O8S. The number of carbonyl (C=O) groups excluding carboxylic acids is 3. The summed E-state index contributed by atoms with van der Waals surface area (Å²) in [6.07, 6.45) is 5.04. The molecular weight excluding hydrogens is 596 g/mol. The SMILES string of the molecule is C=CCOC(=O)c1sc(N2C(=O)C(=O)/C(=C(/O)c3ccc4c(c3)CC(C)O4)C2c2ccc(OCCCCC)c(OC)c2)nc1C. The number of hydrogen-bond donors (Lipinski definition) is 1. The quantitative estimate of drug-likeness (QED) is 0.0610. The average molecular weight is 633 g/mol. The van der Waals surface area contributed by atoms with E-state index in [4.69, 9.17) is 18.9 Å². The van der Waals surface area contributed by atoms with Gasteiger partial charge >= 0.3 is 11.9 Å².